The quantitative estimate of drug-likeness (QED) is 0.630. The first-order valence-electron chi connectivity index (χ1n) is 8.22. The van der Waals surface area contributed by atoms with Crippen molar-refractivity contribution in [1.82, 2.24) is 15.1 Å². The minimum absolute atomic E-state index is 0.220. The van der Waals surface area contributed by atoms with Crippen molar-refractivity contribution in [3.05, 3.63) is 65.5 Å². The van der Waals surface area contributed by atoms with Crippen LogP contribution in [0, 0.1) is 6.92 Å². The predicted octanol–water partition coefficient (Wildman–Crippen LogP) is 4.58. The zero-order chi connectivity index (χ0) is 19.4. The second-order valence-electron chi connectivity index (χ2n) is 6.19. The third-order valence-electron chi connectivity index (χ3n) is 3.81. The monoisotopic (exact) mass is 377 g/mol. The SMILES string of the molecule is Cc1ccc(-c2nnc(CN(C)Cc3ccccc3OC(F)(F)F)o2)cc1. The van der Waals surface area contributed by atoms with Gasteiger partial charge in [0.2, 0.25) is 11.8 Å². The maximum atomic E-state index is 12.5. The minimum atomic E-state index is -4.73. The lowest BCUT2D eigenvalue weighted by Crippen LogP contribution is -2.21. The average Bonchev–Trinajstić information content (AvgIpc) is 3.04. The van der Waals surface area contributed by atoms with Crippen LogP contribution in [-0.4, -0.2) is 28.5 Å². The van der Waals surface area contributed by atoms with Gasteiger partial charge in [0.15, 0.2) is 0 Å². The molecule has 8 heteroatoms. The van der Waals surface area contributed by atoms with Crippen molar-refractivity contribution in [3.8, 4) is 17.2 Å². The Kier molecular flexibility index (Phi) is 5.46. The molecule has 0 unspecified atom stereocenters. The zero-order valence-corrected chi connectivity index (χ0v) is 14.8. The molecule has 0 saturated heterocycles. The van der Waals surface area contributed by atoms with Crippen LogP contribution in [0.2, 0.25) is 0 Å². The van der Waals surface area contributed by atoms with E-state index in [2.05, 4.69) is 14.9 Å². The van der Waals surface area contributed by atoms with Gasteiger partial charge in [-0.2, -0.15) is 0 Å². The Balaban J connectivity index is 1.67. The standard InChI is InChI=1S/C19H18F3N3O2/c1-13-7-9-14(10-8-13)18-24-23-17(26-18)12-25(2)11-15-5-3-4-6-16(15)27-19(20,21)22/h3-10H,11-12H2,1-2H3. The first-order chi connectivity index (χ1) is 12.8. The summed E-state index contributed by atoms with van der Waals surface area (Å²) >= 11 is 0. The summed E-state index contributed by atoms with van der Waals surface area (Å²) in [4.78, 5) is 1.77. The molecule has 0 aliphatic heterocycles. The lowest BCUT2D eigenvalue weighted by molar-refractivity contribution is -0.275. The molecule has 0 fully saturated rings. The van der Waals surface area contributed by atoms with Crippen LogP contribution in [0.25, 0.3) is 11.5 Å². The molecule has 1 aromatic heterocycles. The topological polar surface area (TPSA) is 51.4 Å². The molecular weight excluding hydrogens is 359 g/mol. The highest BCUT2D eigenvalue weighted by Gasteiger charge is 2.32. The highest BCUT2D eigenvalue weighted by Crippen LogP contribution is 2.27. The fraction of sp³-hybridized carbons (Fsp3) is 0.263. The molecule has 0 aliphatic rings. The number of aromatic nitrogens is 2. The van der Waals surface area contributed by atoms with Crippen molar-refractivity contribution in [2.45, 2.75) is 26.4 Å². The van der Waals surface area contributed by atoms with Gasteiger partial charge in [0.05, 0.1) is 6.54 Å². The average molecular weight is 377 g/mol. The molecule has 142 valence electrons. The van der Waals surface area contributed by atoms with E-state index in [-0.39, 0.29) is 12.3 Å². The van der Waals surface area contributed by atoms with Crippen LogP contribution >= 0.6 is 0 Å². The van der Waals surface area contributed by atoms with Gasteiger partial charge in [-0.05, 0) is 32.2 Å². The molecule has 27 heavy (non-hydrogen) atoms. The van der Waals surface area contributed by atoms with E-state index in [0.29, 0.717) is 23.9 Å². The van der Waals surface area contributed by atoms with E-state index in [1.165, 1.54) is 12.1 Å². The van der Waals surface area contributed by atoms with Gasteiger partial charge in [0.1, 0.15) is 5.75 Å². The van der Waals surface area contributed by atoms with E-state index in [1.54, 1.807) is 24.1 Å². The molecule has 0 N–H and O–H groups in total. The second kappa shape index (κ2) is 7.79. The molecule has 5 nitrogen and oxygen atoms in total. The highest BCUT2D eigenvalue weighted by molar-refractivity contribution is 5.52. The van der Waals surface area contributed by atoms with Gasteiger partial charge in [0.25, 0.3) is 0 Å². The number of ether oxygens (including phenoxy) is 1. The van der Waals surface area contributed by atoms with Gasteiger partial charge < -0.3 is 9.15 Å². The number of hydrogen-bond donors (Lipinski definition) is 0. The highest BCUT2D eigenvalue weighted by atomic mass is 19.4. The third-order valence-corrected chi connectivity index (χ3v) is 3.81. The van der Waals surface area contributed by atoms with Crippen LogP contribution < -0.4 is 4.74 Å². The zero-order valence-electron chi connectivity index (χ0n) is 14.8. The molecule has 0 radical (unpaired) electrons. The van der Waals surface area contributed by atoms with Crippen LogP contribution in [0.4, 0.5) is 13.2 Å². The number of nitrogens with zero attached hydrogens (tertiary/aromatic N) is 3. The third kappa shape index (κ3) is 5.30. The predicted molar refractivity (Wildman–Crippen MR) is 92.8 cm³/mol. The second-order valence-corrected chi connectivity index (χ2v) is 6.19. The Bertz CT molecular complexity index is 892. The van der Waals surface area contributed by atoms with Gasteiger partial charge in [0, 0.05) is 17.7 Å². The summed E-state index contributed by atoms with van der Waals surface area (Å²) in [6.07, 6.45) is -4.73. The summed E-state index contributed by atoms with van der Waals surface area (Å²) in [6, 6.07) is 13.7. The van der Waals surface area contributed by atoms with Crippen molar-refractivity contribution >= 4 is 0 Å². The molecular formula is C19H18F3N3O2. The van der Waals surface area contributed by atoms with Crippen LogP contribution in [0.15, 0.2) is 52.9 Å². The lowest BCUT2D eigenvalue weighted by Gasteiger charge is -2.18. The van der Waals surface area contributed by atoms with Crippen molar-refractivity contribution in [2.24, 2.45) is 0 Å². The van der Waals surface area contributed by atoms with E-state index < -0.39 is 6.36 Å². The van der Waals surface area contributed by atoms with E-state index in [9.17, 15) is 13.2 Å². The molecule has 1 heterocycles. The van der Waals surface area contributed by atoms with Gasteiger partial charge in [-0.3, -0.25) is 4.90 Å². The molecule has 0 bridgehead atoms. The molecule has 3 aromatic rings. The first-order valence-corrected chi connectivity index (χ1v) is 8.22. The minimum Gasteiger partial charge on any atom is -0.419 e. The summed E-state index contributed by atoms with van der Waals surface area (Å²) in [5.41, 5.74) is 2.35. The summed E-state index contributed by atoms with van der Waals surface area (Å²) in [6.45, 7) is 2.51. The summed E-state index contributed by atoms with van der Waals surface area (Å²) < 4.78 is 47.3. The number of benzene rings is 2. The van der Waals surface area contributed by atoms with E-state index in [1.807, 2.05) is 31.2 Å². The Morgan fingerprint density at radius 3 is 2.41 bits per heavy atom. The number of para-hydroxylation sites is 1. The van der Waals surface area contributed by atoms with Gasteiger partial charge in [-0.15, -0.1) is 23.4 Å². The number of aryl methyl sites for hydroxylation is 1. The van der Waals surface area contributed by atoms with E-state index >= 15 is 0 Å². The summed E-state index contributed by atoms with van der Waals surface area (Å²) in [7, 11) is 1.75. The maximum Gasteiger partial charge on any atom is 0.573 e. The summed E-state index contributed by atoms with van der Waals surface area (Å²) in [5.74, 6) is 0.559. The van der Waals surface area contributed by atoms with Gasteiger partial charge in [-0.1, -0.05) is 35.9 Å². The molecule has 3 rings (SSSR count). The Labute approximate surface area is 154 Å². The molecule has 0 aliphatic carbocycles. The molecule has 2 aromatic carbocycles. The van der Waals surface area contributed by atoms with Crippen LogP contribution in [0.5, 0.6) is 5.75 Å². The van der Waals surface area contributed by atoms with Crippen LogP contribution in [0.3, 0.4) is 0 Å². The molecule has 0 spiro atoms. The van der Waals surface area contributed by atoms with E-state index in [0.717, 1.165) is 11.1 Å². The molecule has 0 saturated carbocycles. The Hall–Kier alpha value is -2.87. The first kappa shape index (κ1) is 18.9. The van der Waals surface area contributed by atoms with Crippen molar-refractivity contribution in [2.75, 3.05) is 7.05 Å². The number of rotatable bonds is 6. The molecule has 0 amide bonds. The fourth-order valence-corrected chi connectivity index (χ4v) is 2.57. The van der Waals surface area contributed by atoms with Crippen LogP contribution in [0.1, 0.15) is 17.0 Å². The maximum absolute atomic E-state index is 12.5. The smallest absolute Gasteiger partial charge is 0.419 e. The number of alkyl halides is 3. The number of hydrogen-bond acceptors (Lipinski definition) is 5. The fourth-order valence-electron chi connectivity index (χ4n) is 2.57. The Morgan fingerprint density at radius 1 is 1.00 bits per heavy atom. The van der Waals surface area contributed by atoms with Crippen LogP contribution in [-0.2, 0) is 13.1 Å². The normalized spacial score (nSPS) is 11.8. The molecule has 0 atom stereocenters. The van der Waals surface area contributed by atoms with E-state index in [4.69, 9.17) is 4.42 Å². The van der Waals surface area contributed by atoms with Crippen molar-refractivity contribution in [1.29, 1.82) is 0 Å². The lowest BCUT2D eigenvalue weighted by atomic mass is 10.1. The largest absolute Gasteiger partial charge is 0.573 e. The number of halogens is 3. The van der Waals surface area contributed by atoms with Crippen molar-refractivity contribution < 1.29 is 22.3 Å². The van der Waals surface area contributed by atoms with Gasteiger partial charge in [-0.25, -0.2) is 0 Å². The van der Waals surface area contributed by atoms with Gasteiger partial charge >= 0.3 is 6.36 Å². The van der Waals surface area contributed by atoms with Crippen molar-refractivity contribution in [3.63, 3.8) is 0 Å². The Morgan fingerprint density at radius 2 is 1.70 bits per heavy atom. The summed E-state index contributed by atoms with van der Waals surface area (Å²) in [5, 5.41) is 8.03.